The molecule has 12 heteroatoms. The Labute approximate surface area is 215 Å². The van der Waals surface area contributed by atoms with E-state index in [2.05, 4.69) is 9.97 Å². The Kier molecular flexibility index (Phi) is 8.33. The molecule has 2 aromatic heterocycles. The number of carboxylic acid groups (broad SMARTS) is 1. The molecule has 3 N–H and O–H groups in total. The Bertz CT molecular complexity index is 1450. The minimum absolute atomic E-state index is 0.148. The first-order valence-electron chi connectivity index (χ1n) is 12.1. The number of aromatic amines is 2. The smallest absolute Gasteiger partial charge is 0.410 e. The Morgan fingerprint density at radius 1 is 1.22 bits per heavy atom. The predicted molar refractivity (Wildman–Crippen MR) is 140 cm³/mol. The van der Waals surface area contributed by atoms with Gasteiger partial charge in [0.15, 0.2) is 0 Å². The van der Waals surface area contributed by atoms with Crippen LogP contribution in [0.15, 0.2) is 40.2 Å². The molecule has 1 saturated heterocycles. The number of fused-ring (bicyclic) bond motifs is 3. The molecule has 1 aromatic carbocycles. The lowest BCUT2D eigenvalue weighted by Gasteiger charge is -2.28. The summed E-state index contributed by atoms with van der Waals surface area (Å²) < 4.78 is 33.4. The fraction of sp³-hybridized carbons (Fsp3) is 0.480. The van der Waals surface area contributed by atoms with Crippen LogP contribution in [0.3, 0.4) is 0 Å². The van der Waals surface area contributed by atoms with Crippen molar-refractivity contribution in [1.29, 1.82) is 0 Å². The Hall–Kier alpha value is -3.38. The van der Waals surface area contributed by atoms with Gasteiger partial charge >= 0.3 is 12.1 Å². The summed E-state index contributed by atoms with van der Waals surface area (Å²) in [6.07, 6.45) is 2.73. The number of rotatable bonds is 5. The number of benzene rings is 1. The molecule has 0 saturated carbocycles. The van der Waals surface area contributed by atoms with E-state index in [0.717, 1.165) is 6.42 Å². The van der Waals surface area contributed by atoms with E-state index >= 15 is 0 Å². The van der Waals surface area contributed by atoms with Gasteiger partial charge in [-0.1, -0.05) is 6.92 Å². The third-order valence-corrected chi connectivity index (χ3v) is 7.82. The molecule has 3 aromatic rings. The van der Waals surface area contributed by atoms with Crippen molar-refractivity contribution in [3.63, 3.8) is 0 Å². The molecule has 0 bridgehead atoms. The number of nitrogens with zero attached hydrogens (tertiary/aromatic N) is 2. The molecule has 1 amide bonds. The largest absolute Gasteiger partial charge is 0.481 e. The number of amides is 1. The van der Waals surface area contributed by atoms with Crippen molar-refractivity contribution in [2.24, 2.45) is 0 Å². The topological polar surface area (TPSA) is 153 Å². The van der Waals surface area contributed by atoms with Crippen molar-refractivity contribution in [3.05, 3.63) is 40.8 Å². The van der Waals surface area contributed by atoms with Gasteiger partial charge in [0.05, 0.1) is 4.90 Å². The fourth-order valence-corrected chi connectivity index (χ4v) is 5.59. The summed E-state index contributed by atoms with van der Waals surface area (Å²) in [7, 11) is -2.14. The highest BCUT2D eigenvalue weighted by Crippen LogP contribution is 2.28. The first-order chi connectivity index (χ1) is 17.2. The van der Waals surface area contributed by atoms with Crippen molar-refractivity contribution in [2.75, 3.05) is 20.1 Å². The predicted octanol–water partition coefficient (Wildman–Crippen LogP) is 3.51. The number of ether oxygens (including phenoxy) is 1. The molecule has 37 heavy (non-hydrogen) atoms. The average molecular weight is 535 g/mol. The molecular formula is C25H34N4O7S. The highest BCUT2D eigenvalue weighted by Gasteiger charge is 2.37. The first kappa shape index (κ1) is 28.2. The summed E-state index contributed by atoms with van der Waals surface area (Å²) in [6, 6.07) is 6.18. The number of hydrogen-bond acceptors (Lipinski definition) is 6. The summed E-state index contributed by atoms with van der Waals surface area (Å²) in [5.74, 6) is -0.711. The Balaban J connectivity index is 0.000000568. The van der Waals surface area contributed by atoms with Crippen molar-refractivity contribution in [2.45, 2.75) is 63.5 Å². The minimum Gasteiger partial charge on any atom is -0.481 e. The van der Waals surface area contributed by atoms with Gasteiger partial charge in [0.1, 0.15) is 11.1 Å². The number of hydrogen-bond donors (Lipinski definition) is 3. The van der Waals surface area contributed by atoms with E-state index in [-0.39, 0.29) is 23.0 Å². The summed E-state index contributed by atoms with van der Waals surface area (Å²) >= 11 is 0. The Morgan fingerprint density at radius 3 is 2.51 bits per heavy atom. The van der Waals surface area contributed by atoms with E-state index < -0.39 is 27.7 Å². The highest BCUT2D eigenvalue weighted by atomic mass is 32.2. The number of nitrogens with one attached hydrogen (secondary N) is 2. The van der Waals surface area contributed by atoms with E-state index in [4.69, 9.17) is 9.84 Å². The number of pyridine rings is 1. The zero-order valence-corrected chi connectivity index (χ0v) is 22.5. The highest BCUT2D eigenvalue weighted by molar-refractivity contribution is 7.89. The molecule has 3 heterocycles. The van der Waals surface area contributed by atoms with Crippen molar-refractivity contribution in [1.82, 2.24) is 19.2 Å². The molecule has 1 aliphatic rings. The van der Waals surface area contributed by atoms with Crippen LogP contribution < -0.4 is 5.56 Å². The van der Waals surface area contributed by atoms with Gasteiger partial charge in [0.2, 0.25) is 10.0 Å². The van der Waals surface area contributed by atoms with Crippen LogP contribution in [0.25, 0.3) is 21.8 Å². The molecule has 4 rings (SSSR count). The van der Waals surface area contributed by atoms with Gasteiger partial charge in [0, 0.05) is 55.1 Å². The van der Waals surface area contributed by atoms with E-state index in [1.807, 2.05) is 6.92 Å². The lowest BCUT2D eigenvalue weighted by molar-refractivity contribution is -0.137. The monoisotopic (exact) mass is 534 g/mol. The van der Waals surface area contributed by atoms with Crippen LogP contribution in [-0.4, -0.2) is 76.5 Å². The normalized spacial score (nSPS) is 16.4. The SMILES string of the molecule is CCCC(=O)O.CN(C(=O)OC(C)(C)C)C1CCN(S(=O)(=O)c2ccc3[nH]c(=O)c4[nH]ccc4c3c2)C1. The number of carboxylic acids is 1. The third-order valence-electron chi connectivity index (χ3n) is 5.96. The van der Waals surface area contributed by atoms with Crippen LogP contribution in [0.5, 0.6) is 0 Å². The van der Waals surface area contributed by atoms with Gasteiger partial charge in [-0.3, -0.25) is 9.59 Å². The fourth-order valence-electron chi connectivity index (χ4n) is 4.07. The maximum Gasteiger partial charge on any atom is 0.410 e. The Morgan fingerprint density at radius 2 is 1.92 bits per heavy atom. The number of H-pyrrole nitrogens is 2. The number of likely N-dealkylation sites (N-methyl/N-ethyl adjacent to an activating group) is 1. The second-order valence-corrected chi connectivity index (χ2v) is 11.9. The third kappa shape index (κ3) is 6.50. The quantitative estimate of drug-likeness (QED) is 0.453. The first-order valence-corrected chi connectivity index (χ1v) is 13.5. The van der Waals surface area contributed by atoms with Crippen molar-refractivity contribution < 1.29 is 27.9 Å². The molecule has 1 atom stereocenters. The van der Waals surface area contributed by atoms with Crippen LogP contribution in [-0.2, 0) is 19.6 Å². The zero-order valence-electron chi connectivity index (χ0n) is 21.7. The zero-order chi connectivity index (χ0) is 27.5. The van der Waals surface area contributed by atoms with Crippen molar-refractivity contribution >= 4 is 43.9 Å². The second kappa shape index (κ2) is 10.9. The molecule has 0 aliphatic carbocycles. The summed E-state index contributed by atoms with van der Waals surface area (Å²) in [5.41, 5.74) is 0.101. The average Bonchev–Trinajstić information content (AvgIpc) is 3.48. The number of sulfonamides is 1. The van der Waals surface area contributed by atoms with Crippen LogP contribution >= 0.6 is 0 Å². The van der Waals surface area contributed by atoms with E-state index in [9.17, 15) is 22.8 Å². The molecule has 0 radical (unpaired) electrons. The summed E-state index contributed by atoms with van der Waals surface area (Å²) in [4.78, 5) is 41.3. The molecule has 0 spiro atoms. The molecular weight excluding hydrogens is 500 g/mol. The van der Waals surface area contributed by atoms with Gasteiger partial charge in [0.25, 0.3) is 5.56 Å². The van der Waals surface area contributed by atoms with Gasteiger partial charge in [-0.2, -0.15) is 4.31 Å². The van der Waals surface area contributed by atoms with E-state index in [1.54, 1.807) is 52.2 Å². The number of aromatic nitrogens is 2. The molecule has 1 fully saturated rings. The van der Waals surface area contributed by atoms with Gasteiger partial charge < -0.3 is 24.7 Å². The van der Waals surface area contributed by atoms with Gasteiger partial charge in [-0.25, -0.2) is 13.2 Å². The summed E-state index contributed by atoms with van der Waals surface area (Å²) in [6.45, 7) is 7.72. The van der Waals surface area contributed by atoms with E-state index in [1.165, 1.54) is 15.3 Å². The van der Waals surface area contributed by atoms with Gasteiger partial charge in [-0.05, 0) is 57.9 Å². The summed E-state index contributed by atoms with van der Waals surface area (Å²) in [5, 5.41) is 9.23. The molecule has 202 valence electrons. The van der Waals surface area contributed by atoms with Crippen LogP contribution in [0, 0.1) is 0 Å². The van der Waals surface area contributed by atoms with E-state index in [0.29, 0.717) is 41.2 Å². The number of carbonyl (C=O) groups excluding carboxylic acids is 1. The second-order valence-electron chi connectivity index (χ2n) is 9.97. The van der Waals surface area contributed by atoms with Crippen LogP contribution in [0.1, 0.15) is 47.0 Å². The maximum absolute atomic E-state index is 13.3. The minimum atomic E-state index is -3.77. The van der Waals surface area contributed by atoms with Crippen LogP contribution in [0.4, 0.5) is 4.79 Å². The van der Waals surface area contributed by atoms with Crippen LogP contribution in [0.2, 0.25) is 0 Å². The number of carbonyl (C=O) groups is 2. The standard InChI is InChI=1S/C21H26N4O5S.C4H8O2/c1-21(2,3)30-20(27)24(4)13-8-10-25(12-13)31(28,29)14-5-6-17-16(11-14)15-7-9-22-18(15)19(26)23-17;1-2-3-4(5)6/h5-7,9,11,13,22H,8,10,12H2,1-4H3,(H,23,26);2-3H2,1H3,(H,5,6). The number of aliphatic carboxylic acids is 1. The molecule has 1 unspecified atom stereocenters. The lowest BCUT2D eigenvalue weighted by Crippen LogP contribution is -2.42. The lowest BCUT2D eigenvalue weighted by atomic mass is 10.1. The molecule has 11 nitrogen and oxygen atoms in total. The maximum atomic E-state index is 13.3. The molecule has 1 aliphatic heterocycles. The van der Waals surface area contributed by atoms with Crippen molar-refractivity contribution in [3.8, 4) is 0 Å². The van der Waals surface area contributed by atoms with Gasteiger partial charge in [-0.15, -0.1) is 0 Å².